The minimum atomic E-state index is -1.32. The smallest absolute Gasteiger partial charge is 0.302 e. The van der Waals surface area contributed by atoms with E-state index in [0.717, 1.165) is 89.7 Å². The minimum Gasteiger partial charge on any atom is -0.508 e. The first-order valence-electron chi connectivity index (χ1n) is 38.0. The maximum Gasteiger partial charge on any atom is 0.302 e. The molecule has 5 aromatic carbocycles. The Kier molecular flexibility index (Phi) is 17.6. The number of benzene rings is 5. The second kappa shape index (κ2) is 26.7. The summed E-state index contributed by atoms with van der Waals surface area (Å²) in [6.45, 7) is 1.06. The Hall–Kier alpha value is -7.13. The van der Waals surface area contributed by atoms with E-state index in [9.17, 15) is 30.3 Å². The number of allylic oxidation sites excluding steroid dienone is 4. The summed E-state index contributed by atoms with van der Waals surface area (Å²) in [7, 11) is 5.57. The summed E-state index contributed by atoms with van der Waals surface area (Å²) in [5.41, 5.74) is 16.7. The quantitative estimate of drug-likeness (QED) is 0.0220. The number of carbonyl (C=O) groups is 1. The van der Waals surface area contributed by atoms with Gasteiger partial charge in [-0.05, 0) is 164 Å². The van der Waals surface area contributed by atoms with Gasteiger partial charge >= 0.3 is 5.97 Å². The molecule has 5 aromatic rings. The number of carbonyl (C=O) groups excluding carboxylic acids is 1. The maximum absolute atomic E-state index is 14.4. The number of phenolic OH excluding ortho intramolecular Hbond substituents is 2. The number of nitrogens with two attached hydrogens (primary N) is 1. The summed E-state index contributed by atoms with van der Waals surface area (Å²) in [6.07, 6.45) is 24.5. The molecule has 3 saturated carbocycles. The van der Waals surface area contributed by atoms with Crippen LogP contribution in [0.3, 0.4) is 0 Å². The second-order valence-corrected chi connectivity index (χ2v) is 34.9. The molecule has 18 unspecified atom stereocenters. The van der Waals surface area contributed by atoms with Crippen molar-refractivity contribution in [2.24, 2.45) is 40.7 Å². The highest BCUT2D eigenvalue weighted by atomic mass is 33.1. The summed E-state index contributed by atoms with van der Waals surface area (Å²) >= 11 is 0. The van der Waals surface area contributed by atoms with Crippen molar-refractivity contribution in [2.75, 3.05) is 39.5 Å². The molecule has 18 rings (SSSR count). The molecule has 12 bridgehead atoms. The maximum atomic E-state index is 14.4. The number of nitrogens with one attached hydrogen (secondary N) is 3. The number of aliphatic hydroxyl groups is 3. The molecule has 10 N–H and O–H groups in total. The van der Waals surface area contributed by atoms with Gasteiger partial charge in [0, 0.05) is 119 Å². The lowest BCUT2D eigenvalue weighted by Gasteiger charge is -2.62. The zero-order valence-corrected chi connectivity index (χ0v) is 60.5. The fourth-order valence-corrected chi connectivity index (χ4v) is 25.5. The topological polar surface area (TPSA) is 226 Å². The van der Waals surface area contributed by atoms with Crippen LogP contribution in [0.25, 0.3) is 17.2 Å². The van der Waals surface area contributed by atoms with Crippen molar-refractivity contribution in [2.45, 2.75) is 193 Å². The molecule has 13 aliphatic rings. The number of hydrogen-bond donors (Lipinski definition) is 9. The number of rotatable bonds is 9. The molecule has 3 spiro atoms. The fourth-order valence-electron chi connectivity index (χ4n) is 22.3. The molecule has 103 heavy (non-hydrogen) atoms. The van der Waals surface area contributed by atoms with Gasteiger partial charge in [0.05, 0.1) is 41.3 Å². The van der Waals surface area contributed by atoms with Crippen LogP contribution in [0.5, 0.6) is 28.7 Å². The van der Waals surface area contributed by atoms with Gasteiger partial charge in [0.15, 0.2) is 18.3 Å². The summed E-state index contributed by atoms with van der Waals surface area (Å²) < 4.78 is 35.2. The van der Waals surface area contributed by atoms with E-state index in [4.69, 9.17) is 29.4 Å². The third kappa shape index (κ3) is 11.2. The highest BCUT2D eigenvalue weighted by Crippen LogP contribution is 2.73. The van der Waals surface area contributed by atoms with Crippen LogP contribution >= 0.6 is 21.6 Å². The summed E-state index contributed by atoms with van der Waals surface area (Å²) in [5, 5.41) is 75.5. The molecule has 17 heteroatoms. The number of dihydropyridines is 1. The molecule has 15 nitrogen and oxygen atoms in total. The van der Waals surface area contributed by atoms with Crippen LogP contribution in [-0.2, 0) is 57.3 Å². The Morgan fingerprint density at radius 1 is 0.854 bits per heavy atom. The molecule has 1 saturated heterocycles. The highest BCUT2D eigenvalue weighted by Gasteiger charge is 2.68. The van der Waals surface area contributed by atoms with Crippen LogP contribution in [0.2, 0.25) is 0 Å². The van der Waals surface area contributed by atoms with Crippen LogP contribution in [0, 0.1) is 58.7 Å². The van der Waals surface area contributed by atoms with Crippen molar-refractivity contribution in [3.05, 3.63) is 176 Å². The van der Waals surface area contributed by atoms with Gasteiger partial charge in [0.2, 0.25) is 0 Å². The van der Waals surface area contributed by atoms with Crippen molar-refractivity contribution in [1.29, 1.82) is 0 Å². The normalized spacial score (nSPS) is 35.0. The molecule has 0 amide bonds. The number of aryl methyl sites for hydroxylation is 1. The molecule has 4 fully saturated rings. The number of aliphatic hydroxyl groups excluding tert-OH is 2. The Morgan fingerprint density at radius 3 is 2.59 bits per heavy atom. The Bertz CT molecular complexity index is 4510. The number of esters is 1. The molecule has 18 atom stereocenters. The average molecular weight is 1420 g/mol. The fraction of sp³-hybridized carbons (Fsp3) is 0.500. The second-order valence-electron chi connectivity index (χ2n) is 32.2. The van der Waals surface area contributed by atoms with Crippen molar-refractivity contribution < 1.29 is 54.0 Å². The molecule has 0 aromatic heterocycles. The predicted octanol–water partition coefficient (Wildman–Crippen LogP) is 12.2. The average Bonchev–Trinajstić information content (AvgIpc) is 1.62. The lowest BCUT2D eigenvalue weighted by Crippen LogP contribution is -2.63. The molecule has 0 radical (unpaired) electrons. The first kappa shape index (κ1) is 67.7. The SMILES string of the molecule is COCC1C2C#CC3C#CC4=C(C=CC(N)N4)C4C56C=CC7(O)CCCCC47c4ccc(c(c4)C2)CCCC(NCc2c(O)c4c(c(c23)C2Oc3c(ccc7c3C(CC5)(Cc3cc(O)cc(OCO)c3-7)C6)C2COC(C)=O)C=CC2NC3CCCC(CSSC(Cc5ccccc5)C2O4)C3)C1CO. The Balaban J connectivity index is 0.992. The van der Waals surface area contributed by atoms with Crippen molar-refractivity contribution >= 4 is 33.6 Å². The van der Waals surface area contributed by atoms with E-state index >= 15 is 0 Å². The van der Waals surface area contributed by atoms with E-state index in [-0.39, 0.29) is 66.5 Å². The van der Waals surface area contributed by atoms with E-state index in [0.29, 0.717) is 116 Å². The highest BCUT2D eigenvalue weighted by molar-refractivity contribution is 8.77. The van der Waals surface area contributed by atoms with E-state index in [2.05, 4.69) is 131 Å². The third-order valence-corrected chi connectivity index (χ3v) is 29.6. The van der Waals surface area contributed by atoms with E-state index < -0.39 is 76.7 Å². The Morgan fingerprint density at radius 2 is 1.74 bits per heavy atom. The van der Waals surface area contributed by atoms with Gasteiger partial charge < -0.3 is 70.9 Å². The number of ether oxygens (including phenoxy) is 5. The predicted molar refractivity (Wildman–Crippen MR) is 400 cm³/mol. The lowest BCUT2D eigenvalue weighted by atomic mass is 9.43. The van der Waals surface area contributed by atoms with Gasteiger partial charge in [0.1, 0.15) is 42.0 Å². The Labute approximate surface area is 612 Å². The van der Waals surface area contributed by atoms with Gasteiger partial charge in [0.25, 0.3) is 0 Å². The van der Waals surface area contributed by atoms with Gasteiger partial charge in [-0.2, -0.15) is 0 Å². The molecule has 7 aliphatic carbocycles. The van der Waals surface area contributed by atoms with Crippen LogP contribution in [0.15, 0.2) is 114 Å². The van der Waals surface area contributed by atoms with E-state index in [1.165, 1.54) is 30.0 Å². The largest absolute Gasteiger partial charge is 0.508 e. The van der Waals surface area contributed by atoms with Crippen molar-refractivity contribution in [3.63, 3.8) is 0 Å². The number of fused-ring (bicyclic) bond motifs is 12. The van der Waals surface area contributed by atoms with Crippen LogP contribution in [0.1, 0.15) is 170 Å². The van der Waals surface area contributed by atoms with Gasteiger partial charge in [-0.15, -0.1) is 0 Å². The molecular weight excluding hydrogens is 1330 g/mol. The van der Waals surface area contributed by atoms with E-state index in [1.807, 2.05) is 33.7 Å². The van der Waals surface area contributed by atoms with Crippen molar-refractivity contribution in [1.82, 2.24) is 16.0 Å². The van der Waals surface area contributed by atoms with Crippen LogP contribution < -0.4 is 35.9 Å². The van der Waals surface area contributed by atoms with Gasteiger partial charge in [-0.25, -0.2) is 0 Å². The number of methoxy groups -OCH3 is 1. The summed E-state index contributed by atoms with van der Waals surface area (Å²) in [4.78, 5) is 13.8. The van der Waals surface area contributed by atoms with Crippen molar-refractivity contribution in [3.8, 4) is 63.6 Å². The van der Waals surface area contributed by atoms with Crippen LogP contribution in [0.4, 0.5) is 0 Å². The first-order chi connectivity index (χ1) is 50.2. The minimum absolute atomic E-state index is 0.0263. The zero-order valence-electron chi connectivity index (χ0n) is 58.8. The lowest BCUT2D eigenvalue weighted by molar-refractivity contribution is -0.141. The molecule has 6 heterocycles. The van der Waals surface area contributed by atoms with Crippen LogP contribution in [-0.4, -0.2) is 112 Å². The third-order valence-electron chi connectivity index (χ3n) is 26.6. The standard InChI is InChI=1S/C86H94N4O11S2/c1-48(93)98-44-66-59-21-22-61-73-55(38-58(94)39-70(73)99-47-92)40-84-31-30-83(46-84)32-33-85(96)28-6-7-29-86(85)56-20-18-51-13-9-15-67-64(42-91)65(43-97-2)53(36-54(51)37-56)17-16-52(19-25-68-60(82(83)86)24-27-72(87)90-68)74-63(41-88-67)77(95)80-62(75(74)78(66)100-79(59)76(61)84)23-26-69-81(101-80)71(35-49-10-4-3-5-11-49)103-102-45-50-12-8-14-57(34-50)89-69/h3-5,10-11,18,20-24,26-27,32-33,37-39,50,52-53,57,64-67,69,71-72,78,81-82,88-92,94-96H,6-9,12-15,28-31,34-36,40-47,87H2,1-2H3. The number of phenols is 2. The number of aromatic hydroxyl groups is 2. The summed E-state index contributed by atoms with van der Waals surface area (Å²) in [6, 6.07) is 25.2. The first-order valence-corrected chi connectivity index (χ1v) is 40.4. The van der Waals surface area contributed by atoms with Gasteiger partial charge in [-0.1, -0.05) is 150 Å². The molecule has 536 valence electrons. The molecule has 6 aliphatic heterocycles. The number of hydrogen-bond acceptors (Lipinski definition) is 17. The van der Waals surface area contributed by atoms with Gasteiger partial charge in [-0.3, -0.25) is 4.79 Å². The monoisotopic (exact) mass is 1420 g/mol. The summed E-state index contributed by atoms with van der Waals surface area (Å²) in [5.74, 6) is 15.3. The zero-order chi connectivity index (χ0) is 70.1. The van der Waals surface area contributed by atoms with E-state index in [1.54, 1.807) is 13.2 Å². The molecular formula is C86H94N4O11S2.